The van der Waals surface area contributed by atoms with E-state index in [2.05, 4.69) is 38.5 Å². The lowest BCUT2D eigenvalue weighted by Gasteiger charge is -2.19. The highest BCUT2D eigenvalue weighted by atomic mass is 35.5. The number of benzene rings is 1. The second-order valence-electron chi connectivity index (χ2n) is 7.32. The van der Waals surface area contributed by atoms with Crippen LogP contribution < -0.4 is 21.3 Å². The molecule has 8 nitrogen and oxygen atoms in total. The van der Waals surface area contributed by atoms with Gasteiger partial charge in [-0.1, -0.05) is 13.3 Å². The van der Waals surface area contributed by atoms with E-state index in [1.807, 2.05) is 6.07 Å². The highest BCUT2D eigenvalue weighted by Gasteiger charge is 2.24. The summed E-state index contributed by atoms with van der Waals surface area (Å²) in [6, 6.07) is 9.45. The minimum Gasteiger partial charge on any atom is -0.398 e. The molecule has 1 unspecified atom stereocenters. The van der Waals surface area contributed by atoms with Gasteiger partial charge in [0.1, 0.15) is 11.9 Å². The number of nitrogen functional groups attached to an aromatic ring is 1. The molecule has 3 rings (SSSR count). The zero-order valence-corrected chi connectivity index (χ0v) is 18.1. The fraction of sp³-hybridized carbons (Fsp3) is 0.429. The van der Waals surface area contributed by atoms with Crippen LogP contribution in [0.25, 0.3) is 0 Å². The lowest BCUT2D eigenvalue weighted by molar-refractivity contribution is -0.119. The molecule has 1 aromatic carbocycles. The number of hydrogen-bond acceptors (Lipinski definition) is 7. The van der Waals surface area contributed by atoms with Crippen molar-refractivity contribution in [2.24, 2.45) is 0 Å². The summed E-state index contributed by atoms with van der Waals surface area (Å²) in [5.74, 6) is 1.32. The van der Waals surface area contributed by atoms with Crippen molar-refractivity contribution in [2.75, 3.05) is 29.0 Å². The van der Waals surface area contributed by atoms with Crippen LogP contribution in [0.2, 0.25) is 0 Å². The van der Waals surface area contributed by atoms with Crippen LogP contribution in [0.15, 0.2) is 24.3 Å². The third-order valence-electron chi connectivity index (χ3n) is 4.90. The Bertz CT molecular complexity index is 928. The van der Waals surface area contributed by atoms with Crippen molar-refractivity contribution in [1.82, 2.24) is 15.3 Å². The van der Waals surface area contributed by atoms with E-state index in [1.165, 1.54) is 0 Å². The van der Waals surface area contributed by atoms with E-state index in [4.69, 9.17) is 5.73 Å². The van der Waals surface area contributed by atoms with E-state index < -0.39 is 0 Å². The van der Waals surface area contributed by atoms with Gasteiger partial charge >= 0.3 is 0 Å². The van der Waals surface area contributed by atoms with E-state index in [9.17, 15) is 10.1 Å². The molecule has 0 aliphatic carbocycles. The topological polar surface area (TPSA) is 120 Å². The number of carbonyl (C=O) groups is 1. The van der Waals surface area contributed by atoms with E-state index in [1.54, 1.807) is 25.1 Å². The SMILES string of the molecule is CCCCc1cc(N2CCC(NC(C)=O)C2)nc(Nc2ccc(N)c(C#N)c2)n1.Cl. The van der Waals surface area contributed by atoms with Crippen molar-refractivity contribution < 1.29 is 4.79 Å². The molecule has 1 atom stereocenters. The number of nitriles is 1. The van der Waals surface area contributed by atoms with E-state index in [0.717, 1.165) is 50.3 Å². The summed E-state index contributed by atoms with van der Waals surface area (Å²) in [6.07, 6.45) is 3.89. The molecule has 9 heteroatoms. The van der Waals surface area contributed by atoms with Crippen molar-refractivity contribution in [3.63, 3.8) is 0 Å². The molecule has 1 aromatic heterocycles. The molecule has 4 N–H and O–H groups in total. The minimum absolute atomic E-state index is 0. The van der Waals surface area contributed by atoms with Crippen molar-refractivity contribution in [1.29, 1.82) is 5.26 Å². The highest BCUT2D eigenvalue weighted by Crippen LogP contribution is 2.24. The summed E-state index contributed by atoms with van der Waals surface area (Å²) in [7, 11) is 0. The van der Waals surface area contributed by atoms with Crippen LogP contribution in [0, 0.1) is 11.3 Å². The first kappa shape index (κ1) is 23.2. The summed E-state index contributed by atoms with van der Waals surface area (Å²) in [5.41, 5.74) is 8.35. The summed E-state index contributed by atoms with van der Waals surface area (Å²) in [6.45, 7) is 5.25. The highest BCUT2D eigenvalue weighted by molar-refractivity contribution is 5.85. The number of unbranched alkanes of at least 4 members (excludes halogenated alkanes) is 1. The van der Waals surface area contributed by atoms with E-state index >= 15 is 0 Å². The average molecular weight is 430 g/mol. The number of halogens is 1. The zero-order chi connectivity index (χ0) is 20.8. The number of nitrogens with one attached hydrogen (secondary N) is 2. The van der Waals surface area contributed by atoms with E-state index in [-0.39, 0.29) is 24.4 Å². The Labute approximate surface area is 183 Å². The predicted molar refractivity (Wildman–Crippen MR) is 121 cm³/mol. The van der Waals surface area contributed by atoms with Gasteiger partial charge in [0.25, 0.3) is 0 Å². The molecule has 1 aliphatic heterocycles. The second kappa shape index (κ2) is 10.6. The molecule has 160 valence electrons. The van der Waals surface area contributed by atoms with Crippen LogP contribution in [0.3, 0.4) is 0 Å². The van der Waals surface area contributed by atoms with Crippen LogP contribution in [0.4, 0.5) is 23.1 Å². The summed E-state index contributed by atoms with van der Waals surface area (Å²) in [5, 5.41) is 15.4. The first-order valence-corrected chi connectivity index (χ1v) is 9.95. The van der Waals surface area contributed by atoms with Gasteiger partial charge in [-0.25, -0.2) is 4.98 Å². The third kappa shape index (κ3) is 5.97. The molecule has 1 saturated heterocycles. The van der Waals surface area contributed by atoms with Crippen LogP contribution in [-0.2, 0) is 11.2 Å². The molecule has 1 amide bonds. The smallest absolute Gasteiger partial charge is 0.229 e. The molecule has 0 radical (unpaired) electrons. The summed E-state index contributed by atoms with van der Waals surface area (Å²) >= 11 is 0. The maximum Gasteiger partial charge on any atom is 0.229 e. The van der Waals surface area contributed by atoms with Gasteiger partial charge in [0.2, 0.25) is 11.9 Å². The first-order valence-electron chi connectivity index (χ1n) is 9.95. The van der Waals surface area contributed by atoms with Crippen molar-refractivity contribution in [3.8, 4) is 6.07 Å². The van der Waals surface area contributed by atoms with Gasteiger partial charge in [0.05, 0.1) is 5.56 Å². The lowest BCUT2D eigenvalue weighted by atomic mass is 10.2. The molecular weight excluding hydrogens is 402 g/mol. The Morgan fingerprint density at radius 1 is 1.37 bits per heavy atom. The Hall–Kier alpha value is -3.05. The molecule has 2 aromatic rings. The van der Waals surface area contributed by atoms with Gasteiger partial charge in [-0.3, -0.25) is 4.79 Å². The number of aromatic nitrogens is 2. The Kier molecular flexibility index (Phi) is 8.25. The van der Waals surface area contributed by atoms with E-state index in [0.29, 0.717) is 22.9 Å². The van der Waals surface area contributed by atoms with Gasteiger partial charge in [0.15, 0.2) is 0 Å². The monoisotopic (exact) mass is 429 g/mol. The number of anilines is 4. The fourth-order valence-electron chi connectivity index (χ4n) is 3.42. The van der Waals surface area contributed by atoms with Crippen LogP contribution >= 0.6 is 12.4 Å². The Morgan fingerprint density at radius 2 is 2.17 bits per heavy atom. The number of nitrogens with zero attached hydrogens (tertiary/aromatic N) is 4. The largest absolute Gasteiger partial charge is 0.398 e. The molecule has 1 aliphatic rings. The molecule has 0 bridgehead atoms. The van der Waals surface area contributed by atoms with Crippen LogP contribution in [0.5, 0.6) is 0 Å². The van der Waals surface area contributed by atoms with Crippen molar-refractivity contribution in [3.05, 3.63) is 35.5 Å². The minimum atomic E-state index is -0.0119. The molecule has 0 saturated carbocycles. The summed E-state index contributed by atoms with van der Waals surface area (Å²) < 4.78 is 0. The Balaban J connectivity index is 0.00000320. The number of amides is 1. The molecule has 30 heavy (non-hydrogen) atoms. The normalized spacial score (nSPS) is 15.2. The van der Waals surface area contributed by atoms with Crippen molar-refractivity contribution >= 4 is 41.5 Å². The second-order valence-corrected chi connectivity index (χ2v) is 7.32. The zero-order valence-electron chi connectivity index (χ0n) is 17.3. The number of aryl methyl sites for hydroxylation is 1. The summed E-state index contributed by atoms with van der Waals surface area (Å²) in [4.78, 5) is 22.9. The predicted octanol–water partition coefficient (Wildman–Crippen LogP) is 3.15. The lowest BCUT2D eigenvalue weighted by Crippen LogP contribution is -2.35. The standard InChI is InChI=1S/C21H27N7O.ClH/c1-3-4-5-16-11-20(28-9-8-18(13-28)24-14(2)29)27-21(25-16)26-17-6-7-19(23)15(10-17)12-22;/h6-7,10-11,18H,3-5,8-9,13,23H2,1-2H3,(H,24,29)(H,25,26,27);1H. The number of nitrogens with two attached hydrogens (primary N) is 1. The van der Waals surface area contributed by atoms with Crippen molar-refractivity contribution in [2.45, 2.75) is 45.6 Å². The first-order chi connectivity index (χ1) is 14.0. The van der Waals surface area contributed by atoms with Gasteiger partial charge in [0, 0.05) is 49.2 Å². The molecule has 1 fully saturated rings. The molecular formula is C21H28ClN7O. The maximum atomic E-state index is 11.4. The average Bonchev–Trinajstić information content (AvgIpc) is 3.15. The number of hydrogen-bond donors (Lipinski definition) is 3. The van der Waals surface area contributed by atoms with Gasteiger partial charge in [-0.15, -0.1) is 12.4 Å². The maximum absolute atomic E-state index is 11.4. The quantitative estimate of drug-likeness (QED) is 0.578. The Morgan fingerprint density at radius 3 is 2.87 bits per heavy atom. The number of carbonyl (C=O) groups excluding carboxylic acids is 1. The fourth-order valence-corrected chi connectivity index (χ4v) is 3.42. The third-order valence-corrected chi connectivity index (χ3v) is 4.90. The van der Waals surface area contributed by atoms with Gasteiger partial charge in [-0.2, -0.15) is 10.2 Å². The van der Waals surface area contributed by atoms with Crippen LogP contribution in [-0.4, -0.2) is 35.0 Å². The van der Waals surface area contributed by atoms with Gasteiger partial charge in [-0.05, 0) is 37.5 Å². The van der Waals surface area contributed by atoms with Crippen LogP contribution in [0.1, 0.15) is 44.4 Å². The van der Waals surface area contributed by atoms with Gasteiger partial charge < -0.3 is 21.3 Å². The number of rotatable bonds is 7. The molecule has 0 spiro atoms. The molecule has 2 heterocycles.